The monoisotopic (exact) mass is 366 g/mol. The van der Waals surface area contributed by atoms with Gasteiger partial charge in [0.05, 0.1) is 17.8 Å². The molecule has 25 heavy (non-hydrogen) atoms. The Kier molecular flexibility index (Phi) is 6.07. The van der Waals surface area contributed by atoms with Crippen molar-refractivity contribution in [2.24, 2.45) is 0 Å². The lowest BCUT2D eigenvalue weighted by Crippen LogP contribution is -2.33. The van der Waals surface area contributed by atoms with Crippen LogP contribution in [0.1, 0.15) is 17.2 Å². The van der Waals surface area contributed by atoms with Crippen LogP contribution in [0.15, 0.2) is 48.5 Å². The van der Waals surface area contributed by atoms with Crippen LogP contribution in [0.5, 0.6) is 0 Å². The minimum Gasteiger partial charge on any atom is -0.324 e. The van der Waals surface area contributed by atoms with Crippen molar-refractivity contribution in [2.75, 3.05) is 11.9 Å². The molecule has 0 saturated heterocycles. The molecule has 0 aliphatic carbocycles. The Labute approximate surface area is 148 Å². The first-order chi connectivity index (χ1) is 11.8. The van der Waals surface area contributed by atoms with Gasteiger partial charge in [0.25, 0.3) is 0 Å². The first-order valence-electron chi connectivity index (χ1n) is 7.22. The lowest BCUT2D eigenvalue weighted by molar-refractivity contribution is -0.137. The molecule has 0 saturated carbocycles. The Bertz CT molecular complexity index is 785. The fourth-order valence-electron chi connectivity index (χ4n) is 2.23. The lowest BCUT2D eigenvalue weighted by Gasteiger charge is -2.20. The molecule has 3 nitrogen and oxygen atoms in total. The summed E-state index contributed by atoms with van der Waals surface area (Å²) in [5.41, 5.74) is -0.805. The maximum absolute atomic E-state index is 13.2. The molecule has 0 aliphatic rings. The Morgan fingerprint density at radius 2 is 1.88 bits per heavy atom. The molecular weight excluding hydrogens is 353 g/mol. The van der Waals surface area contributed by atoms with Crippen molar-refractivity contribution in [1.29, 1.82) is 0 Å². The van der Waals surface area contributed by atoms with Crippen molar-refractivity contribution < 1.29 is 18.0 Å². The van der Waals surface area contributed by atoms with Crippen LogP contribution < -0.4 is 10.6 Å². The highest BCUT2D eigenvalue weighted by atomic mass is 35.5. The summed E-state index contributed by atoms with van der Waals surface area (Å²) < 4.78 is 39.5. The van der Waals surface area contributed by atoms with Gasteiger partial charge in [-0.3, -0.25) is 10.1 Å². The molecule has 0 bridgehead atoms. The van der Waals surface area contributed by atoms with Gasteiger partial charge in [-0.25, -0.2) is 0 Å². The third-order valence-corrected chi connectivity index (χ3v) is 3.58. The number of nitrogens with one attached hydrogen (secondary N) is 2. The molecule has 0 aliphatic heterocycles. The molecule has 0 radical (unpaired) electrons. The topological polar surface area (TPSA) is 41.1 Å². The summed E-state index contributed by atoms with van der Waals surface area (Å²) in [5.74, 6) is 1.68. The number of rotatable bonds is 5. The fourth-order valence-corrected chi connectivity index (χ4v) is 2.41. The highest BCUT2D eigenvalue weighted by Gasteiger charge is 2.34. The zero-order valence-corrected chi connectivity index (χ0v) is 13.7. The van der Waals surface area contributed by atoms with E-state index in [-0.39, 0.29) is 17.3 Å². The van der Waals surface area contributed by atoms with Crippen LogP contribution >= 0.6 is 11.6 Å². The molecule has 2 aromatic carbocycles. The van der Waals surface area contributed by atoms with Crippen LogP contribution in [0.3, 0.4) is 0 Å². The SMILES string of the molecule is C#CCN[C@H](C(=O)Nc1ccc(Cl)cc1C(F)(F)F)c1ccccc1. The number of halogens is 4. The van der Waals surface area contributed by atoms with Crippen LogP contribution in [-0.4, -0.2) is 12.5 Å². The highest BCUT2D eigenvalue weighted by Crippen LogP contribution is 2.36. The second kappa shape index (κ2) is 8.06. The summed E-state index contributed by atoms with van der Waals surface area (Å²) in [6, 6.07) is 10.8. The van der Waals surface area contributed by atoms with E-state index >= 15 is 0 Å². The number of terminal acetylenes is 1. The zero-order valence-electron chi connectivity index (χ0n) is 12.9. The predicted molar refractivity (Wildman–Crippen MR) is 91.1 cm³/mol. The van der Waals surface area contributed by atoms with Gasteiger partial charge in [0.15, 0.2) is 0 Å². The molecule has 2 N–H and O–H groups in total. The minimum absolute atomic E-state index is 0.0737. The molecule has 0 aromatic heterocycles. The summed E-state index contributed by atoms with van der Waals surface area (Å²) in [7, 11) is 0. The first-order valence-corrected chi connectivity index (χ1v) is 7.60. The van der Waals surface area contributed by atoms with E-state index in [1.165, 1.54) is 6.07 Å². The van der Waals surface area contributed by atoms with Gasteiger partial charge in [-0.1, -0.05) is 47.9 Å². The highest BCUT2D eigenvalue weighted by molar-refractivity contribution is 6.30. The summed E-state index contributed by atoms with van der Waals surface area (Å²) >= 11 is 5.64. The number of benzene rings is 2. The standard InChI is InChI=1S/C18H14ClF3N2O/c1-2-10-23-16(12-6-4-3-5-7-12)17(25)24-15-9-8-13(19)11-14(15)18(20,21)22/h1,3-9,11,16,23H,10H2,(H,24,25)/t16-/m0/s1. The van der Waals surface area contributed by atoms with E-state index in [4.69, 9.17) is 18.0 Å². The van der Waals surface area contributed by atoms with E-state index in [1.54, 1.807) is 30.3 Å². The van der Waals surface area contributed by atoms with Crippen molar-refractivity contribution in [3.63, 3.8) is 0 Å². The van der Waals surface area contributed by atoms with E-state index in [0.29, 0.717) is 5.56 Å². The average molecular weight is 367 g/mol. The van der Waals surface area contributed by atoms with E-state index in [9.17, 15) is 18.0 Å². The second-order valence-electron chi connectivity index (χ2n) is 5.11. The molecule has 0 fully saturated rings. The number of amides is 1. The molecule has 7 heteroatoms. The maximum Gasteiger partial charge on any atom is 0.418 e. The second-order valence-corrected chi connectivity index (χ2v) is 5.54. The number of hydrogen-bond acceptors (Lipinski definition) is 2. The van der Waals surface area contributed by atoms with Crippen LogP contribution in [0.4, 0.5) is 18.9 Å². The lowest BCUT2D eigenvalue weighted by atomic mass is 10.1. The molecule has 2 rings (SSSR count). The molecule has 1 atom stereocenters. The molecule has 1 amide bonds. The largest absolute Gasteiger partial charge is 0.418 e. The van der Waals surface area contributed by atoms with Crippen molar-refractivity contribution >= 4 is 23.2 Å². The Hall–Kier alpha value is -2.49. The number of carbonyl (C=O) groups excluding carboxylic acids is 1. The molecule has 0 unspecified atom stereocenters. The molecule has 0 heterocycles. The number of anilines is 1. The Morgan fingerprint density at radius 1 is 1.20 bits per heavy atom. The smallest absolute Gasteiger partial charge is 0.324 e. The van der Waals surface area contributed by atoms with Crippen LogP contribution in [0, 0.1) is 12.3 Å². The van der Waals surface area contributed by atoms with Gasteiger partial charge in [-0.2, -0.15) is 13.2 Å². The summed E-state index contributed by atoms with van der Waals surface area (Å²) in [6.45, 7) is 0.0831. The quantitative estimate of drug-likeness (QED) is 0.776. The number of hydrogen-bond donors (Lipinski definition) is 2. The van der Waals surface area contributed by atoms with Gasteiger partial charge in [-0.05, 0) is 23.8 Å². The van der Waals surface area contributed by atoms with E-state index in [1.807, 2.05) is 0 Å². The molecular formula is C18H14ClF3N2O. The number of carbonyl (C=O) groups is 1. The number of alkyl halides is 3. The van der Waals surface area contributed by atoms with Crippen LogP contribution in [0.25, 0.3) is 0 Å². The van der Waals surface area contributed by atoms with E-state index in [0.717, 1.165) is 12.1 Å². The van der Waals surface area contributed by atoms with Gasteiger partial charge in [0.1, 0.15) is 6.04 Å². The Balaban J connectivity index is 2.32. The molecule has 0 spiro atoms. The third kappa shape index (κ3) is 4.99. The van der Waals surface area contributed by atoms with Crippen molar-refractivity contribution in [1.82, 2.24) is 5.32 Å². The first kappa shape index (κ1) is 18.8. The molecule has 2 aromatic rings. The maximum atomic E-state index is 13.2. The minimum atomic E-state index is -4.65. The Morgan fingerprint density at radius 3 is 2.48 bits per heavy atom. The fraction of sp³-hybridized carbons (Fsp3) is 0.167. The average Bonchev–Trinajstić information content (AvgIpc) is 2.57. The van der Waals surface area contributed by atoms with Gasteiger partial charge in [-0.15, -0.1) is 6.42 Å². The third-order valence-electron chi connectivity index (χ3n) is 3.35. The summed E-state index contributed by atoms with van der Waals surface area (Å²) in [4.78, 5) is 12.5. The van der Waals surface area contributed by atoms with Crippen LogP contribution in [-0.2, 0) is 11.0 Å². The van der Waals surface area contributed by atoms with Crippen LogP contribution in [0.2, 0.25) is 5.02 Å². The van der Waals surface area contributed by atoms with E-state index < -0.39 is 23.7 Å². The van der Waals surface area contributed by atoms with Crippen molar-refractivity contribution in [3.05, 3.63) is 64.7 Å². The normalized spacial score (nSPS) is 12.3. The molecule has 130 valence electrons. The summed E-state index contributed by atoms with van der Waals surface area (Å²) in [6.07, 6.45) is 0.547. The predicted octanol–water partition coefficient (Wildman–Crippen LogP) is 4.26. The van der Waals surface area contributed by atoms with Gasteiger partial charge >= 0.3 is 6.18 Å². The zero-order chi connectivity index (χ0) is 18.4. The van der Waals surface area contributed by atoms with Gasteiger partial charge < -0.3 is 5.32 Å². The van der Waals surface area contributed by atoms with E-state index in [2.05, 4.69) is 16.6 Å². The van der Waals surface area contributed by atoms with Gasteiger partial charge in [0, 0.05) is 5.02 Å². The van der Waals surface area contributed by atoms with Gasteiger partial charge in [0.2, 0.25) is 5.91 Å². The van der Waals surface area contributed by atoms with Crippen molar-refractivity contribution in [2.45, 2.75) is 12.2 Å². The summed E-state index contributed by atoms with van der Waals surface area (Å²) in [5, 5.41) is 5.05. The van der Waals surface area contributed by atoms with Crippen molar-refractivity contribution in [3.8, 4) is 12.3 Å².